The first-order chi connectivity index (χ1) is 13.6. The predicted molar refractivity (Wildman–Crippen MR) is 105 cm³/mol. The second-order valence-electron chi connectivity index (χ2n) is 5.78. The van der Waals surface area contributed by atoms with E-state index < -0.39 is 17.8 Å². The molecule has 3 rings (SSSR count). The topological polar surface area (TPSA) is 79.5 Å². The van der Waals surface area contributed by atoms with Gasteiger partial charge in [-0.05, 0) is 48.5 Å². The molecule has 6 nitrogen and oxygen atoms in total. The van der Waals surface area contributed by atoms with Crippen LogP contribution in [0, 0.1) is 5.82 Å². The van der Waals surface area contributed by atoms with Crippen molar-refractivity contribution in [3.05, 3.63) is 84.7 Å². The molecule has 3 aromatic rings. The summed E-state index contributed by atoms with van der Waals surface area (Å²) in [7, 11) is 0. The number of hydrogen-bond acceptors (Lipinski definition) is 3. The van der Waals surface area contributed by atoms with E-state index in [2.05, 4.69) is 16.0 Å². The first-order valence-corrected chi connectivity index (χ1v) is 8.52. The van der Waals surface area contributed by atoms with Crippen LogP contribution in [0.1, 0.15) is 0 Å². The van der Waals surface area contributed by atoms with Crippen molar-refractivity contribution in [2.45, 2.75) is 0 Å². The van der Waals surface area contributed by atoms with Crippen LogP contribution in [-0.2, 0) is 4.79 Å². The number of rotatable bonds is 6. The fourth-order valence-corrected chi connectivity index (χ4v) is 2.33. The lowest BCUT2D eigenvalue weighted by Gasteiger charge is -2.10. The Bertz CT molecular complexity index is 947. The van der Waals surface area contributed by atoms with Gasteiger partial charge in [-0.25, -0.2) is 9.18 Å². The second kappa shape index (κ2) is 9.18. The molecule has 0 fully saturated rings. The number of nitrogens with one attached hydrogen (secondary N) is 3. The largest absolute Gasteiger partial charge is 0.457 e. The molecule has 0 saturated carbocycles. The van der Waals surface area contributed by atoms with Gasteiger partial charge < -0.3 is 20.7 Å². The summed E-state index contributed by atoms with van der Waals surface area (Å²) in [4.78, 5) is 23.7. The summed E-state index contributed by atoms with van der Waals surface area (Å²) in [5.74, 6) is 0.372. The summed E-state index contributed by atoms with van der Waals surface area (Å²) in [6.45, 7) is -0.261. The van der Waals surface area contributed by atoms with Crippen molar-refractivity contribution in [2.24, 2.45) is 0 Å². The lowest BCUT2D eigenvalue weighted by Crippen LogP contribution is -2.35. The summed E-state index contributed by atoms with van der Waals surface area (Å²) in [6.07, 6.45) is 0. The van der Waals surface area contributed by atoms with Crippen LogP contribution < -0.4 is 20.7 Å². The first kappa shape index (κ1) is 18.9. The van der Waals surface area contributed by atoms with Gasteiger partial charge >= 0.3 is 6.03 Å². The average molecular weight is 379 g/mol. The third-order valence-electron chi connectivity index (χ3n) is 3.65. The Morgan fingerprint density at radius 3 is 2.14 bits per heavy atom. The van der Waals surface area contributed by atoms with E-state index in [9.17, 15) is 14.0 Å². The van der Waals surface area contributed by atoms with Crippen LogP contribution in [0.4, 0.5) is 20.6 Å². The fraction of sp³-hybridized carbons (Fsp3) is 0.0476. The normalized spacial score (nSPS) is 10.0. The highest BCUT2D eigenvalue weighted by Crippen LogP contribution is 2.22. The van der Waals surface area contributed by atoms with Gasteiger partial charge in [0.1, 0.15) is 17.3 Å². The predicted octanol–water partition coefficient (Wildman–Crippen LogP) is 4.38. The minimum atomic E-state index is -0.674. The van der Waals surface area contributed by atoms with Crippen LogP contribution in [0.25, 0.3) is 0 Å². The highest BCUT2D eigenvalue weighted by atomic mass is 19.1. The number of benzene rings is 3. The number of carbonyl (C=O) groups excluding carboxylic acids is 2. The molecule has 0 unspecified atom stereocenters. The highest BCUT2D eigenvalue weighted by Gasteiger charge is 2.08. The molecule has 0 radical (unpaired) electrons. The van der Waals surface area contributed by atoms with E-state index in [4.69, 9.17) is 4.74 Å². The van der Waals surface area contributed by atoms with Gasteiger partial charge in [0.05, 0.1) is 12.2 Å². The molecule has 7 heteroatoms. The average Bonchev–Trinajstić information content (AvgIpc) is 2.70. The Balaban J connectivity index is 1.45. The molecule has 0 aliphatic rings. The van der Waals surface area contributed by atoms with Crippen molar-refractivity contribution in [1.29, 1.82) is 0 Å². The maximum absolute atomic E-state index is 13.5. The first-order valence-electron chi connectivity index (χ1n) is 8.52. The number of urea groups is 1. The van der Waals surface area contributed by atoms with Gasteiger partial charge in [0, 0.05) is 5.69 Å². The molecule has 0 heterocycles. The van der Waals surface area contributed by atoms with Gasteiger partial charge in [-0.2, -0.15) is 0 Å². The molecular weight excluding hydrogens is 361 g/mol. The Labute approximate surface area is 161 Å². The Morgan fingerprint density at radius 2 is 1.43 bits per heavy atom. The molecule has 0 aromatic heterocycles. The van der Waals surface area contributed by atoms with Crippen LogP contribution in [0.2, 0.25) is 0 Å². The quantitative estimate of drug-likeness (QED) is 0.595. The van der Waals surface area contributed by atoms with E-state index >= 15 is 0 Å². The molecule has 0 aliphatic carbocycles. The van der Waals surface area contributed by atoms with Gasteiger partial charge in [0.25, 0.3) is 0 Å². The van der Waals surface area contributed by atoms with Crippen LogP contribution in [0.3, 0.4) is 0 Å². The Morgan fingerprint density at radius 1 is 0.786 bits per heavy atom. The molecule has 3 N–H and O–H groups in total. The molecule has 28 heavy (non-hydrogen) atoms. The lowest BCUT2D eigenvalue weighted by molar-refractivity contribution is -0.115. The summed E-state index contributed by atoms with van der Waals surface area (Å²) >= 11 is 0. The molecule has 0 atom stereocenters. The maximum atomic E-state index is 13.5. The van der Waals surface area contributed by atoms with Crippen LogP contribution >= 0.6 is 0 Å². The molecule has 142 valence electrons. The smallest absolute Gasteiger partial charge is 0.319 e. The second-order valence-corrected chi connectivity index (χ2v) is 5.78. The number of anilines is 2. The van der Waals surface area contributed by atoms with Crippen molar-refractivity contribution in [3.63, 3.8) is 0 Å². The highest BCUT2D eigenvalue weighted by molar-refractivity contribution is 5.97. The number of carbonyl (C=O) groups is 2. The number of para-hydroxylation sites is 2. The van der Waals surface area contributed by atoms with Crippen molar-refractivity contribution in [2.75, 3.05) is 17.2 Å². The van der Waals surface area contributed by atoms with E-state index in [1.165, 1.54) is 18.2 Å². The van der Waals surface area contributed by atoms with Crippen LogP contribution in [0.5, 0.6) is 11.5 Å². The molecule has 3 amide bonds. The lowest BCUT2D eigenvalue weighted by atomic mass is 10.3. The monoisotopic (exact) mass is 379 g/mol. The van der Waals surface area contributed by atoms with Crippen molar-refractivity contribution in [3.8, 4) is 11.5 Å². The van der Waals surface area contributed by atoms with E-state index in [-0.39, 0.29) is 12.2 Å². The van der Waals surface area contributed by atoms with Gasteiger partial charge in [-0.15, -0.1) is 0 Å². The van der Waals surface area contributed by atoms with E-state index in [1.54, 1.807) is 30.3 Å². The van der Waals surface area contributed by atoms with Crippen LogP contribution in [0.15, 0.2) is 78.9 Å². The third kappa shape index (κ3) is 5.57. The minimum Gasteiger partial charge on any atom is -0.457 e. The zero-order valence-corrected chi connectivity index (χ0v) is 14.8. The number of amides is 3. The SMILES string of the molecule is O=C(CNC(=O)Nc1ccccc1F)Nc1ccc(Oc2ccccc2)cc1. The summed E-state index contributed by atoms with van der Waals surface area (Å²) in [5.41, 5.74) is 0.594. The van der Waals surface area contributed by atoms with Gasteiger partial charge in [-0.3, -0.25) is 4.79 Å². The zero-order chi connectivity index (χ0) is 19.8. The van der Waals surface area contributed by atoms with Crippen LogP contribution in [-0.4, -0.2) is 18.5 Å². The molecular formula is C21H18FN3O3. The zero-order valence-electron chi connectivity index (χ0n) is 14.8. The molecule has 0 spiro atoms. The van der Waals surface area contributed by atoms with Gasteiger partial charge in [-0.1, -0.05) is 30.3 Å². The minimum absolute atomic E-state index is 0.0365. The Kier molecular flexibility index (Phi) is 6.20. The third-order valence-corrected chi connectivity index (χ3v) is 3.65. The maximum Gasteiger partial charge on any atom is 0.319 e. The van der Waals surface area contributed by atoms with Gasteiger partial charge in [0.15, 0.2) is 0 Å². The number of hydrogen-bond donors (Lipinski definition) is 3. The number of ether oxygens (including phenoxy) is 1. The summed E-state index contributed by atoms with van der Waals surface area (Å²) in [6, 6.07) is 21.2. The summed E-state index contributed by atoms with van der Waals surface area (Å²) in [5, 5.41) is 7.36. The van der Waals surface area contributed by atoms with E-state index in [0.29, 0.717) is 17.2 Å². The van der Waals surface area contributed by atoms with E-state index in [0.717, 1.165) is 0 Å². The molecule has 0 bridgehead atoms. The number of halogens is 1. The standard InChI is InChI=1S/C21H18FN3O3/c22-18-8-4-5-9-19(18)25-21(27)23-14-20(26)24-15-10-12-17(13-11-15)28-16-6-2-1-3-7-16/h1-13H,14H2,(H,24,26)(H2,23,25,27). The fourth-order valence-electron chi connectivity index (χ4n) is 2.33. The van der Waals surface area contributed by atoms with Crippen molar-refractivity contribution in [1.82, 2.24) is 5.32 Å². The van der Waals surface area contributed by atoms with Crippen molar-refractivity contribution >= 4 is 23.3 Å². The van der Waals surface area contributed by atoms with E-state index in [1.807, 2.05) is 30.3 Å². The van der Waals surface area contributed by atoms with Crippen molar-refractivity contribution < 1.29 is 18.7 Å². The molecule has 0 saturated heterocycles. The van der Waals surface area contributed by atoms with Gasteiger partial charge in [0.2, 0.25) is 5.91 Å². The Hall–Kier alpha value is -3.87. The molecule has 0 aliphatic heterocycles. The molecule has 3 aromatic carbocycles. The summed E-state index contributed by atoms with van der Waals surface area (Å²) < 4.78 is 19.1.